The van der Waals surface area contributed by atoms with Crippen LogP contribution in [0.2, 0.25) is 0 Å². The molecule has 1 aliphatic heterocycles. The molecule has 0 fully saturated rings. The maximum atomic E-state index is 5.84. The van der Waals surface area contributed by atoms with Gasteiger partial charge in [0.25, 0.3) is 0 Å². The van der Waals surface area contributed by atoms with Crippen molar-refractivity contribution in [2.75, 3.05) is 47.3 Å². The van der Waals surface area contributed by atoms with Crippen molar-refractivity contribution < 1.29 is 23.7 Å². The summed E-state index contributed by atoms with van der Waals surface area (Å²) in [4.78, 5) is 4.26. The normalized spacial score (nSPS) is 12.2. The Labute approximate surface area is 200 Å². The molecule has 1 aliphatic rings. The van der Waals surface area contributed by atoms with E-state index in [9.17, 15) is 0 Å². The van der Waals surface area contributed by atoms with E-state index in [-0.39, 0.29) is 30.8 Å². The molecule has 8 nitrogen and oxygen atoms in total. The number of nitrogens with one attached hydrogen (secondary N) is 2. The third-order valence-corrected chi connectivity index (χ3v) is 4.44. The summed E-state index contributed by atoms with van der Waals surface area (Å²) in [6.07, 6.45) is 0. The first-order valence-electron chi connectivity index (χ1n) is 9.88. The third-order valence-electron chi connectivity index (χ3n) is 4.44. The summed E-state index contributed by atoms with van der Waals surface area (Å²) in [6.45, 7) is 5.02. The van der Waals surface area contributed by atoms with Crippen LogP contribution in [0.5, 0.6) is 23.0 Å². The number of benzene rings is 2. The zero-order chi connectivity index (χ0) is 21.2. The number of hydrogen-bond acceptors (Lipinski definition) is 6. The molecule has 170 valence electrons. The van der Waals surface area contributed by atoms with Gasteiger partial charge in [0.15, 0.2) is 17.5 Å². The Morgan fingerprint density at radius 2 is 1.84 bits per heavy atom. The van der Waals surface area contributed by atoms with Gasteiger partial charge in [0.2, 0.25) is 6.79 Å². The number of hydrogen-bond donors (Lipinski definition) is 2. The second-order valence-electron chi connectivity index (χ2n) is 6.67. The number of guanidine groups is 1. The van der Waals surface area contributed by atoms with Crippen molar-refractivity contribution in [2.24, 2.45) is 4.99 Å². The van der Waals surface area contributed by atoms with Crippen LogP contribution in [-0.4, -0.2) is 53.3 Å². The molecular formula is C22H30IN3O5. The summed E-state index contributed by atoms with van der Waals surface area (Å²) in [5.41, 5.74) is 2.20. The van der Waals surface area contributed by atoms with E-state index in [2.05, 4.69) is 27.8 Å². The second-order valence-corrected chi connectivity index (χ2v) is 6.67. The van der Waals surface area contributed by atoms with Gasteiger partial charge < -0.3 is 34.3 Å². The van der Waals surface area contributed by atoms with Gasteiger partial charge in [0, 0.05) is 32.3 Å². The topological polar surface area (TPSA) is 82.6 Å². The van der Waals surface area contributed by atoms with Crippen LogP contribution >= 0.6 is 24.0 Å². The van der Waals surface area contributed by atoms with Crippen molar-refractivity contribution in [3.63, 3.8) is 0 Å². The van der Waals surface area contributed by atoms with Gasteiger partial charge in [-0.2, -0.15) is 0 Å². The highest BCUT2D eigenvalue weighted by Gasteiger charge is 2.13. The standard InChI is InChI=1S/C22H29N3O5.HI/c1-16-4-5-17(20(12-16)28-11-10-26-3)14-25-22(23-2)24-8-9-27-18-6-7-19-21(13-18)30-15-29-19;/h4-7,12-13H,8-11,14-15H2,1-3H3,(H2,23,24,25);1H. The predicted octanol–water partition coefficient (Wildman–Crippen LogP) is 3.11. The molecule has 1 heterocycles. The first kappa shape index (κ1) is 24.9. The molecule has 2 N–H and O–H groups in total. The van der Waals surface area contributed by atoms with Gasteiger partial charge in [-0.15, -0.1) is 24.0 Å². The Bertz CT molecular complexity index is 863. The molecular weight excluding hydrogens is 513 g/mol. The lowest BCUT2D eigenvalue weighted by Crippen LogP contribution is -2.39. The van der Waals surface area contributed by atoms with Gasteiger partial charge in [0.1, 0.15) is 24.7 Å². The smallest absolute Gasteiger partial charge is 0.231 e. The van der Waals surface area contributed by atoms with Gasteiger partial charge in [-0.05, 0) is 30.7 Å². The lowest BCUT2D eigenvalue weighted by Gasteiger charge is -2.15. The van der Waals surface area contributed by atoms with Gasteiger partial charge >= 0.3 is 0 Å². The summed E-state index contributed by atoms with van der Waals surface area (Å²) in [6, 6.07) is 11.7. The SMILES string of the molecule is CN=C(NCCOc1ccc2c(c1)OCO2)NCc1ccc(C)cc1OCCOC.I. The predicted molar refractivity (Wildman–Crippen MR) is 130 cm³/mol. The highest BCUT2D eigenvalue weighted by atomic mass is 127. The van der Waals surface area contributed by atoms with E-state index in [4.69, 9.17) is 23.7 Å². The quantitative estimate of drug-likeness (QED) is 0.206. The van der Waals surface area contributed by atoms with E-state index in [0.29, 0.717) is 44.6 Å². The first-order chi connectivity index (χ1) is 14.7. The zero-order valence-electron chi connectivity index (χ0n) is 18.1. The minimum absolute atomic E-state index is 0. The largest absolute Gasteiger partial charge is 0.492 e. The fourth-order valence-electron chi connectivity index (χ4n) is 2.88. The Morgan fingerprint density at radius 3 is 2.65 bits per heavy atom. The summed E-state index contributed by atoms with van der Waals surface area (Å²) in [7, 11) is 3.40. The number of fused-ring (bicyclic) bond motifs is 1. The molecule has 0 bridgehead atoms. The Kier molecular flexibility index (Phi) is 10.5. The molecule has 0 spiro atoms. The van der Waals surface area contributed by atoms with E-state index in [0.717, 1.165) is 28.4 Å². The first-order valence-corrected chi connectivity index (χ1v) is 9.88. The van der Waals surface area contributed by atoms with Crippen LogP contribution in [0.3, 0.4) is 0 Å². The fraction of sp³-hybridized carbons (Fsp3) is 0.409. The molecule has 0 amide bonds. The van der Waals surface area contributed by atoms with E-state index < -0.39 is 0 Å². The Morgan fingerprint density at radius 1 is 1.00 bits per heavy atom. The average Bonchev–Trinajstić information content (AvgIpc) is 3.22. The van der Waals surface area contributed by atoms with Crippen molar-refractivity contribution in [2.45, 2.75) is 13.5 Å². The molecule has 0 unspecified atom stereocenters. The van der Waals surface area contributed by atoms with Crippen LogP contribution in [-0.2, 0) is 11.3 Å². The van der Waals surface area contributed by atoms with Crippen molar-refractivity contribution in [3.05, 3.63) is 47.5 Å². The van der Waals surface area contributed by atoms with Crippen LogP contribution in [0, 0.1) is 6.92 Å². The summed E-state index contributed by atoms with van der Waals surface area (Å²) in [5, 5.41) is 6.55. The van der Waals surface area contributed by atoms with Crippen LogP contribution in [0.15, 0.2) is 41.4 Å². The number of aliphatic imine (C=N–C) groups is 1. The molecule has 2 aromatic rings. The second kappa shape index (κ2) is 13.1. The number of methoxy groups -OCH3 is 1. The minimum atomic E-state index is 0. The number of rotatable bonds is 10. The van der Waals surface area contributed by atoms with E-state index in [1.807, 2.05) is 31.2 Å². The number of ether oxygens (including phenoxy) is 5. The lowest BCUT2D eigenvalue weighted by atomic mass is 10.1. The molecule has 31 heavy (non-hydrogen) atoms. The van der Waals surface area contributed by atoms with Crippen LogP contribution in [0.4, 0.5) is 0 Å². The maximum absolute atomic E-state index is 5.84. The van der Waals surface area contributed by atoms with Crippen LogP contribution in [0.1, 0.15) is 11.1 Å². The van der Waals surface area contributed by atoms with E-state index >= 15 is 0 Å². The molecule has 0 aliphatic carbocycles. The molecule has 2 aromatic carbocycles. The van der Waals surface area contributed by atoms with Gasteiger partial charge in [-0.3, -0.25) is 4.99 Å². The fourth-order valence-corrected chi connectivity index (χ4v) is 2.88. The zero-order valence-corrected chi connectivity index (χ0v) is 20.4. The third kappa shape index (κ3) is 7.66. The van der Waals surface area contributed by atoms with Crippen molar-refractivity contribution in [1.82, 2.24) is 10.6 Å². The average molecular weight is 543 g/mol. The summed E-state index contributed by atoms with van der Waals surface area (Å²) in [5.74, 6) is 3.72. The number of halogens is 1. The summed E-state index contributed by atoms with van der Waals surface area (Å²) >= 11 is 0. The monoisotopic (exact) mass is 543 g/mol. The molecule has 0 saturated heterocycles. The summed E-state index contributed by atoms with van der Waals surface area (Å²) < 4.78 is 27.3. The molecule has 0 atom stereocenters. The van der Waals surface area contributed by atoms with Gasteiger partial charge in [-0.25, -0.2) is 0 Å². The maximum Gasteiger partial charge on any atom is 0.231 e. The van der Waals surface area contributed by atoms with E-state index in [1.165, 1.54) is 0 Å². The van der Waals surface area contributed by atoms with Gasteiger partial charge in [0.05, 0.1) is 13.2 Å². The van der Waals surface area contributed by atoms with Crippen molar-refractivity contribution >= 4 is 29.9 Å². The van der Waals surface area contributed by atoms with Crippen molar-refractivity contribution in [3.8, 4) is 23.0 Å². The number of aryl methyl sites for hydroxylation is 1. The van der Waals surface area contributed by atoms with Gasteiger partial charge in [-0.1, -0.05) is 12.1 Å². The Balaban J connectivity index is 0.00000341. The molecule has 3 rings (SSSR count). The van der Waals surface area contributed by atoms with Crippen LogP contribution < -0.4 is 29.6 Å². The van der Waals surface area contributed by atoms with Crippen molar-refractivity contribution in [1.29, 1.82) is 0 Å². The lowest BCUT2D eigenvalue weighted by molar-refractivity contribution is 0.145. The Hall–Kier alpha value is -2.40. The van der Waals surface area contributed by atoms with Crippen LogP contribution in [0.25, 0.3) is 0 Å². The highest BCUT2D eigenvalue weighted by molar-refractivity contribution is 14.0. The number of nitrogens with zero attached hydrogens (tertiary/aromatic N) is 1. The molecule has 0 saturated carbocycles. The molecule has 0 aromatic heterocycles. The molecule has 0 radical (unpaired) electrons. The minimum Gasteiger partial charge on any atom is -0.492 e. The van der Waals surface area contributed by atoms with E-state index in [1.54, 1.807) is 14.2 Å². The molecule has 9 heteroatoms. The highest BCUT2D eigenvalue weighted by Crippen LogP contribution is 2.34.